The van der Waals surface area contributed by atoms with Crippen LogP contribution in [0.1, 0.15) is 31.9 Å². The van der Waals surface area contributed by atoms with Crippen LogP contribution in [-0.2, 0) is 13.1 Å². The first-order valence-corrected chi connectivity index (χ1v) is 6.91. The van der Waals surface area contributed by atoms with Crippen molar-refractivity contribution in [1.29, 1.82) is 0 Å². The summed E-state index contributed by atoms with van der Waals surface area (Å²) in [7, 11) is 0. The molecule has 0 aromatic carbocycles. The van der Waals surface area contributed by atoms with Gasteiger partial charge >= 0.3 is 0 Å². The Balaban J connectivity index is 1.84. The maximum atomic E-state index is 4.52. The summed E-state index contributed by atoms with van der Waals surface area (Å²) in [4.78, 5) is 4.52. The van der Waals surface area contributed by atoms with Gasteiger partial charge in [-0.2, -0.15) is 0 Å². The highest BCUT2D eigenvalue weighted by molar-refractivity contribution is 5.28. The number of aromatic nitrogens is 5. The summed E-state index contributed by atoms with van der Waals surface area (Å²) in [6.07, 6.45) is 9.07. The Labute approximate surface area is 113 Å². The summed E-state index contributed by atoms with van der Waals surface area (Å²) in [6, 6.07) is 0. The Kier molecular flexibility index (Phi) is 4.94. The third-order valence-electron chi connectivity index (χ3n) is 2.97. The van der Waals surface area contributed by atoms with E-state index in [-0.39, 0.29) is 0 Å². The lowest BCUT2D eigenvalue weighted by molar-refractivity contribution is 0.516. The molecular weight excluding hydrogens is 240 g/mol. The molecule has 0 spiro atoms. The van der Waals surface area contributed by atoms with Gasteiger partial charge in [-0.05, 0) is 19.8 Å². The second-order valence-corrected chi connectivity index (χ2v) is 4.70. The Bertz CT molecular complexity index is 473. The van der Waals surface area contributed by atoms with Gasteiger partial charge in [0, 0.05) is 32.0 Å². The van der Waals surface area contributed by atoms with E-state index in [4.69, 9.17) is 0 Å². The van der Waals surface area contributed by atoms with Gasteiger partial charge in [-0.3, -0.25) is 4.68 Å². The first kappa shape index (κ1) is 13.6. The van der Waals surface area contributed by atoms with Crippen LogP contribution < -0.4 is 5.32 Å². The normalized spacial score (nSPS) is 10.8. The van der Waals surface area contributed by atoms with E-state index in [9.17, 15) is 0 Å². The van der Waals surface area contributed by atoms with Gasteiger partial charge in [0.05, 0.1) is 11.9 Å². The molecule has 0 aliphatic rings. The standard InChI is InChI=1S/C13H22N6/c1-3-4-6-14-13-16-12(2)11-18(13)8-5-9-19-10-7-15-17-19/h7,10-11H,3-6,8-9H2,1-2H3,(H,14,16). The van der Waals surface area contributed by atoms with Crippen molar-refractivity contribution in [2.45, 2.75) is 46.2 Å². The van der Waals surface area contributed by atoms with Crippen LogP contribution in [-0.4, -0.2) is 31.1 Å². The molecule has 0 saturated heterocycles. The van der Waals surface area contributed by atoms with Crippen molar-refractivity contribution < 1.29 is 0 Å². The molecule has 6 heteroatoms. The predicted octanol–water partition coefficient (Wildman–Crippen LogP) is 2.09. The smallest absolute Gasteiger partial charge is 0.203 e. The minimum absolute atomic E-state index is 0.881. The summed E-state index contributed by atoms with van der Waals surface area (Å²) >= 11 is 0. The number of nitrogens with zero attached hydrogens (tertiary/aromatic N) is 5. The van der Waals surface area contributed by atoms with E-state index < -0.39 is 0 Å². The average Bonchev–Trinajstić information content (AvgIpc) is 3.00. The molecule has 6 nitrogen and oxygen atoms in total. The number of imidazole rings is 1. The van der Waals surface area contributed by atoms with Gasteiger partial charge in [-0.25, -0.2) is 4.98 Å². The van der Waals surface area contributed by atoms with Gasteiger partial charge in [0.2, 0.25) is 5.95 Å². The minimum atomic E-state index is 0.881. The summed E-state index contributed by atoms with van der Waals surface area (Å²) in [5, 5.41) is 11.2. The van der Waals surface area contributed by atoms with Crippen LogP contribution in [0.3, 0.4) is 0 Å². The van der Waals surface area contributed by atoms with E-state index in [1.165, 1.54) is 12.8 Å². The Morgan fingerprint density at radius 3 is 2.89 bits per heavy atom. The van der Waals surface area contributed by atoms with Crippen molar-refractivity contribution in [1.82, 2.24) is 24.5 Å². The predicted molar refractivity (Wildman–Crippen MR) is 75.0 cm³/mol. The number of nitrogens with one attached hydrogen (secondary N) is 1. The van der Waals surface area contributed by atoms with Crippen LogP contribution in [0.25, 0.3) is 0 Å². The topological polar surface area (TPSA) is 60.6 Å². The first-order valence-electron chi connectivity index (χ1n) is 6.91. The third-order valence-corrected chi connectivity index (χ3v) is 2.97. The zero-order valence-corrected chi connectivity index (χ0v) is 11.7. The molecule has 0 bridgehead atoms. The zero-order valence-electron chi connectivity index (χ0n) is 11.7. The highest BCUT2D eigenvalue weighted by atomic mass is 15.4. The highest BCUT2D eigenvalue weighted by Crippen LogP contribution is 2.10. The van der Waals surface area contributed by atoms with Crippen LogP contribution in [0.2, 0.25) is 0 Å². The molecule has 0 radical (unpaired) electrons. The molecule has 19 heavy (non-hydrogen) atoms. The summed E-state index contributed by atoms with van der Waals surface area (Å²) in [5.41, 5.74) is 1.06. The average molecular weight is 262 g/mol. The van der Waals surface area contributed by atoms with Gasteiger partial charge in [0.15, 0.2) is 0 Å². The van der Waals surface area contributed by atoms with Gasteiger partial charge in [-0.15, -0.1) is 5.10 Å². The number of hydrogen-bond donors (Lipinski definition) is 1. The monoisotopic (exact) mass is 262 g/mol. The lowest BCUT2D eigenvalue weighted by Gasteiger charge is -2.09. The fourth-order valence-corrected chi connectivity index (χ4v) is 1.99. The number of aryl methyl sites for hydroxylation is 3. The molecule has 0 fully saturated rings. The van der Waals surface area contributed by atoms with Crippen LogP contribution in [0.5, 0.6) is 0 Å². The largest absolute Gasteiger partial charge is 0.356 e. The van der Waals surface area contributed by atoms with Gasteiger partial charge in [0.25, 0.3) is 0 Å². The van der Waals surface area contributed by atoms with Gasteiger partial charge in [-0.1, -0.05) is 18.6 Å². The zero-order chi connectivity index (χ0) is 13.5. The number of rotatable bonds is 8. The molecule has 2 aromatic heterocycles. The van der Waals surface area contributed by atoms with Gasteiger partial charge < -0.3 is 9.88 Å². The Morgan fingerprint density at radius 2 is 2.16 bits per heavy atom. The van der Waals surface area contributed by atoms with Crippen molar-refractivity contribution >= 4 is 5.95 Å². The van der Waals surface area contributed by atoms with Crippen molar-refractivity contribution in [3.05, 3.63) is 24.3 Å². The van der Waals surface area contributed by atoms with Crippen LogP contribution in [0.4, 0.5) is 5.95 Å². The maximum Gasteiger partial charge on any atom is 0.203 e. The SMILES string of the molecule is CCCCNc1nc(C)cn1CCCn1ccnn1. The fourth-order valence-electron chi connectivity index (χ4n) is 1.99. The highest BCUT2D eigenvalue weighted by Gasteiger charge is 2.04. The lowest BCUT2D eigenvalue weighted by atomic mass is 10.3. The third kappa shape index (κ3) is 4.08. The molecule has 0 atom stereocenters. The minimum Gasteiger partial charge on any atom is -0.356 e. The quantitative estimate of drug-likeness (QED) is 0.740. The van der Waals surface area contributed by atoms with E-state index in [2.05, 4.69) is 38.3 Å². The van der Waals surface area contributed by atoms with Crippen molar-refractivity contribution in [2.24, 2.45) is 0 Å². The molecule has 0 aliphatic heterocycles. The van der Waals surface area contributed by atoms with E-state index in [1.807, 2.05) is 17.8 Å². The maximum absolute atomic E-state index is 4.52. The summed E-state index contributed by atoms with van der Waals surface area (Å²) < 4.78 is 4.04. The molecular formula is C13H22N6. The summed E-state index contributed by atoms with van der Waals surface area (Å²) in [6.45, 7) is 7.02. The Hall–Kier alpha value is -1.85. The van der Waals surface area contributed by atoms with Crippen LogP contribution >= 0.6 is 0 Å². The molecule has 0 unspecified atom stereocenters. The molecule has 0 aliphatic carbocycles. The lowest BCUT2D eigenvalue weighted by Crippen LogP contribution is -2.10. The van der Waals surface area contributed by atoms with E-state index in [1.54, 1.807) is 6.20 Å². The second-order valence-electron chi connectivity index (χ2n) is 4.70. The van der Waals surface area contributed by atoms with Crippen molar-refractivity contribution in [2.75, 3.05) is 11.9 Å². The summed E-state index contributed by atoms with van der Waals surface area (Å²) in [5.74, 6) is 0.976. The van der Waals surface area contributed by atoms with Gasteiger partial charge in [0.1, 0.15) is 0 Å². The molecule has 1 N–H and O–H groups in total. The molecule has 2 aromatic rings. The van der Waals surface area contributed by atoms with Crippen LogP contribution in [0, 0.1) is 6.92 Å². The molecule has 0 amide bonds. The molecule has 0 saturated carbocycles. The van der Waals surface area contributed by atoms with Crippen molar-refractivity contribution in [3.63, 3.8) is 0 Å². The van der Waals surface area contributed by atoms with Crippen LogP contribution in [0.15, 0.2) is 18.6 Å². The molecule has 2 heterocycles. The first-order chi connectivity index (χ1) is 9.29. The number of unbranched alkanes of at least 4 members (excludes halogenated alkanes) is 1. The Morgan fingerprint density at radius 1 is 1.26 bits per heavy atom. The van der Waals surface area contributed by atoms with E-state index in [0.717, 1.165) is 37.7 Å². The number of anilines is 1. The second kappa shape index (κ2) is 6.92. The van der Waals surface area contributed by atoms with Crippen molar-refractivity contribution in [3.8, 4) is 0 Å². The molecule has 104 valence electrons. The van der Waals surface area contributed by atoms with E-state index in [0.29, 0.717) is 0 Å². The fraction of sp³-hybridized carbons (Fsp3) is 0.615. The number of hydrogen-bond acceptors (Lipinski definition) is 4. The molecule has 2 rings (SSSR count). The van der Waals surface area contributed by atoms with E-state index >= 15 is 0 Å².